The number of carbonyl (C=O) groups excluding carboxylic acids is 2. The summed E-state index contributed by atoms with van der Waals surface area (Å²) >= 11 is 17.2. The number of alkyl halides is 3. The molecule has 8 nitrogen and oxygen atoms in total. The largest absolute Gasteiger partial charge is 0.497 e. The van der Waals surface area contributed by atoms with Crippen LogP contribution < -0.4 is 15.4 Å². The molecule has 1 aromatic rings. The van der Waals surface area contributed by atoms with E-state index in [1.165, 1.54) is 0 Å². The first-order chi connectivity index (χ1) is 16.1. The Morgan fingerprint density at radius 1 is 1.35 bits per heavy atom. The molecule has 11 heteroatoms. The minimum Gasteiger partial charge on any atom is -0.497 e. The molecule has 6 rings (SSSR count). The Labute approximate surface area is 212 Å². The molecule has 34 heavy (non-hydrogen) atoms. The fraction of sp³-hybridized carbons (Fsp3) is 0.652. The maximum atomic E-state index is 13.6. The van der Waals surface area contributed by atoms with Gasteiger partial charge in [-0.2, -0.15) is 0 Å². The highest BCUT2D eigenvalue weighted by Gasteiger charge is 2.65. The molecule has 4 fully saturated rings. The highest BCUT2D eigenvalue weighted by molar-refractivity contribution is 6.67. The second-order valence-electron chi connectivity index (χ2n) is 9.52. The zero-order valence-corrected chi connectivity index (χ0v) is 21.1. The van der Waals surface area contributed by atoms with E-state index >= 15 is 0 Å². The number of alkyl carbamates (subject to hydrolysis) is 1. The lowest BCUT2D eigenvalue weighted by atomic mass is 9.71. The van der Waals surface area contributed by atoms with E-state index in [-0.39, 0.29) is 36.1 Å². The average Bonchev–Trinajstić information content (AvgIpc) is 3.59. The summed E-state index contributed by atoms with van der Waals surface area (Å²) in [7, 11) is 1.58. The smallest absolute Gasteiger partial charge is 0.407 e. The van der Waals surface area contributed by atoms with Crippen LogP contribution in [0.1, 0.15) is 31.7 Å². The number of carbonyl (C=O) groups is 2. The maximum absolute atomic E-state index is 13.6. The van der Waals surface area contributed by atoms with Crippen LogP contribution >= 0.6 is 34.8 Å². The Morgan fingerprint density at radius 3 is 2.76 bits per heavy atom. The Morgan fingerprint density at radius 2 is 2.12 bits per heavy atom. The Kier molecular flexibility index (Phi) is 6.13. The van der Waals surface area contributed by atoms with E-state index in [1.54, 1.807) is 7.11 Å². The number of fused-ring (bicyclic) bond motifs is 4. The normalized spacial score (nSPS) is 36.0. The highest BCUT2D eigenvalue weighted by Crippen LogP contribution is 2.57. The number of ether oxygens (including phenoxy) is 4. The molecule has 4 aliphatic heterocycles. The summed E-state index contributed by atoms with van der Waals surface area (Å²) in [6.07, 6.45) is 0.787. The van der Waals surface area contributed by atoms with E-state index in [2.05, 4.69) is 17.6 Å². The van der Waals surface area contributed by atoms with Gasteiger partial charge in [-0.3, -0.25) is 4.79 Å². The Bertz CT molecular complexity index is 997. The van der Waals surface area contributed by atoms with Crippen molar-refractivity contribution in [1.29, 1.82) is 0 Å². The number of nitrogens with one attached hydrogen (secondary N) is 2. The van der Waals surface area contributed by atoms with E-state index < -0.39 is 21.3 Å². The number of benzene rings is 1. The standard InChI is InChI=1S/C23H27Cl3N2O6/c1-3-21(10-34-21)15-7-18-22(14-5-4-12(31-2)6-16(14)27-19(22)29)8-17(13(15)9-32-18)28-20(30)33-11-23(24,25)26/h4-6,13,15,17-18H,3,7-11H2,1-2H3,(H,27,29)(H,28,30)/t13-,15+,17-,18+,21+,22-/m0/s1. The summed E-state index contributed by atoms with van der Waals surface area (Å²) < 4.78 is 21.1. The lowest BCUT2D eigenvalue weighted by Crippen LogP contribution is -2.49. The molecule has 1 aromatic carbocycles. The van der Waals surface area contributed by atoms with Crippen molar-refractivity contribution in [3.63, 3.8) is 0 Å². The molecule has 4 heterocycles. The van der Waals surface area contributed by atoms with Gasteiger partial charge in [0, 0.05) is 23.7 Å². The molecule has 1 saturated carbocycles. The van der Waals surface area contributed by atoms with Crippen LogP contribution in [0.3, 0.4) is 0 Å². The topological polar surface area (TPSA) is 98.4 Å². The van der Waals surface area contributed by atoms with Crippen LogP contribution in [-0.4, -0.2) is 60.5 Å². The first kappa shape index (κ1) is 24.3. The van der Waals surface area contributed by atoms with Crippen LogP contribution in [0.5, 0.6) is 5.75 Å². The van der Waals surface area contributed by atoms with Crippen molar-refractivity contribution in [3.05, 3.63) is 23.8 Å². The van der Waals surface area contributed by atoms with Gasteiger partial charge in [-0.15, -0.1) is 0 Å². The van der Waals surface area contributed by atoms with Crippen LogP contribution in [-0.2, 0) is 24.4 Å². The van der Waals surface area contributed by atoms with Crippen molar-refractivity contribution in [3.8, 4) is 5.75 Å². The third kappa shape index (κ3) is 4.01. The highest BCUT2D eigenvalue weighted by atomic mass is 35.6. The zero-order chi connectivity index (χ0) is 24.3. The lowest BCUT2D eigenvalue weighted by Gasteiger charge is -2.40. The van der Waals surface area contributed by atoms with Gasteiger partial charge < -0.3 is 29.6 Å². The Balaban J connectivity index is 1.52. The number of methoxy groups -OCH3 is 1. The van der Waals surface area contributed by atoms with E-state index in [9.17, 15) is 9.59 Å². The Hall–Kier alpha value is -1.45. The molecule has 1 spiro atoms. The van der Waals surface area contributed by atoms with Crippen molar-refractivity contribution in [2.75, 3.05) is 32.2 Å². The number of hydrogen-bond donors (Lipinski definition) is 2. The van der Waals surface area contributed by atoms with E-state index in [1.807, 2.05) is 18.2 Å². The third-order valence-corrected chi connectivity index (χ3v) is 8.23. The third-order valence-electron chi connectivity index (χ3n) is 7.90. The van der Waals surface area contributed by atoms with Crippen LogP contribution in [0.2, 0.25) is 0 Å². The molecule has 2 amide bonds. The van der Waals surface area contributed by atoms with Crippen molar-refractivity contribution >= 4 is 52.5 Å². The van der Waals surface area contributed by atoms with Gasteiger partial charge >= 0.3 is 6.09 Å². The number of epoxide rings is 1. The lowest BCUT2D eigenvalue weighted by molar-refractivity contribution is -0.131. The molecular weight excluding hydrogens is 507 g/mol. The van der Waals surface area contributed by atoms with Crippen LogP contribution in [0.4, 0.5) is 10.5 Å². The van der Waals surface area contributed by atoms with Crippen molar-refractivity contribution < 1.29 is 28.5 Å². The molecular formula is C23H27Cl3N2O6. The van der Waals surface area contributed by atoms with Gasteiger partial charge in [-0.1, -0.05) is 47.8 Å². The first-order valence-corrected chi connectivity index (χ1v) is 12.5. The van der Waals surface area contributed by atoms with Gasteiger partial charge in [0.15, 0.2) is 0 Å². The van der Waals surface area contributed by atoms with Gasteiger partial charge in [0.1, 0.15) is 17.8 Å². The number of anilines is 1. The number of halogens is 3. The molecule has 0 unspecified atom stereocenters. The summed E-state index contributed by atoms with van der Waals surface area (Å²) in [6, 6.07) is 5.15. The van der Waals surface area contributed by atoms with Gasteiger partial charge in [0.2, 0.25) is 9.70 Å². The van der Waals surface area contributed by atoms with Gasteiger partial charge in [0.05, 0.1) is 32.0 Å². The quantitative estimate of drug-likeness (QED) is 0.439. The predicted octanol–water partition coefficient (Wildman–Crippen LogP) is 3.95. The summed E-state index contributed by atoms with van der Waals surface area (Å²) in [6.45, 7) is 2.77. The molecule has 186 valence electrons. The summed E-state index contributed by atoms with van der Waals surface area (Å²) in [5, 5.41) is 5.98. The summed E-state index contributed by atoms with van der Waals surface area (Å²) in [4.78, 5) is 26.3. The summed E-state index contributed by atoms with van der Waals surface area (Å²) in [5.74, 6) is 0.553. The SMILES string of the molecule is CC[C@]1([C@@H]2C[C@H]3OC[C@@H]2[C@@H](NC(=O)OCC(Cl)(Cl)Cl)C[C@@]32C(=O)Nc3cc(OC)ccc32)CO1. The number of hydrogen-bond acceptors (Lipinski definition) is 6. The van der Waals surface area contributed by atoms with E-state index in [0.717, 1.165) is 12.0 Å². The summed E-state index contributed by atoms with van der Waals surface area (Å²) in [5.41, 5.74) is 0.299. The van der Waals surface area contributed by atoms with Gasteiger partial charge in [-0.05, 0) is 36.8 Å². The molecule has 2 N–H and O–H groups in total. The van der Waals surface area contributed by atoms with E-state index in [4.69, 9.17) is 53.8 Å². The van der Waals surface area contributed by atoms with Crippen LogP contribution in [0.15, 0.2) is 18.2 Å². The molecule has 5 aliphatic rings. The van der Waals surface area contributed by atoms with Gasteiger partial charge in [-0.25, -0.2) is 4.79 Å². The molecule has 0 aromatic heterocycles. The van der Waals surface area contributed by atoms with Crippen LogP contribution in [0, 0.1) is 11.8 Å². The fourth-order valence-electron chi connectivity index (χ4n) is 6.08. The van der Waals surface area contributed by atoms with Gasteiger partial charge in [0.25, 0.3) is 0 Å². The molecule has 3 saturated heterocycles. The predicted molar refractivity (Wildman–Crippen MR) is 127 cm³/mol. The first-order valence-electron chi connectivity index (χ1n) is 11.4. The average molecular weight is 534 g/mol. The zero-order valence-electron chi connectivity index (χ0n) is 18.9. The second-order valence-corrected chi connectivity index (χ2v) is 12.0. The fourth-order valence-corrected chi connectivity index (χ4v) is 6.25. The number of amides is 2. The van der Waals surface area contributed by atoms with Crippen molar-refractivity contribution in [2.24, 2.45) is 11.8 Å². The van der Waals surface area contributed by atoms with E-state index in [0.29, 0.717) is 37.5 Å². The molecule has 2 bridgehead atoms. The minimum atomic E-state index is -1.72. The van der Waals surface area contributed by atoms with Crippen molar-refractivity contribution in [2.45, 2.75) is 53.1 Å². The monoisotopic (exact) mass is 532 g/mol. The van der Waals surface area contributed by atoms with Crippen molar-refractivity contribution in [1.82, 2.24) is 5.32 Å². The molecule has 6 atom stereocenters. The van der Waals surface area contributed by atoms with Crippen LogP contribution in [0.25, 0.3) is 0 Å². The minimum absolute atomic E-state index is 0.0616. The molecule has 0 radical (unpaired) electrons. The maximum Gasteiger partial charge on any atom is 0.407 e. The molecule has 1 aliphatic carbocycles. The second kappa shape index (κ2) is 8.59. The number of rotatable bonds is 5.